The van der Waals surface area contributed by atoms with Crippen LogP contribution in [-0.2, 0) is 11.3 Å². The van der Waals surface area contributed by atoms with Gasteiger partial charge in [-0.1, -0.05) is 18.9 Å². The fraction of sp³-hybridized carbons (Fsp3) is 0.733. The molecule has 0 saturated heterocycles. The Labute approximate surface area is 114 Å². The van der Waals surface area contributed by atoms with Crippen molar-refractivity contribution < 1.29 is 4.74 Å². The third kappa shape index (κ3) is 2.13. The van der Waals surface area contributed by atoms with Gasteiger partial charge in [-0.25, -0.2) is 0 Å². The van der Waals surface area contributed by atoms with Gasteiger partial charge in [0.25, 0.3) is 0 Å². The molecule has 2 saturated carbocycles. The van der Waals surface area contributed by atoms with Crippen molar-refractivity contribution in [3.8, 4) is 0 Å². The molecule has 0 radical (unpaired) electrons. The quantitative estimate of drug-likeness (QED) is 0.878. The van der Waals surface area contributed by atoms with E-state index in [0.29, 0.717) is 17.6 Å². The van der Waals surface area contributed by atoms with Crippen LogP contribution in [0.5, 0.6) is 0 Å². The van der Waals surface area contributed by atoms with E-state index >= 15 is 0 Å². The van der Waals surface area contributed by atoms with Crippen LogP contribution >= 0.6 is 11.3 Å². The van der Waals surface area contributed by atoms with E-state index in [9.17, 15) is 0 Å². The molecule has 0 bridgehead atoms. The summed E-state index contributed by atoms with van der Waals surface area (Å²) >= 11 is 1.85. The number of rotatable bonds is 5. The summed E-state index contributed by atoms with van der Waals surface area (Å²) in [6, 6.07) is 5.03. The average molecular weight is 265 g/mol. The number of thiophene rings is 1. The molecule has 3 rings (SSSR count). The van der Waals surface area contributed by atoms with E-state index in [2.05, 4.69) is 29.8 Å². The molecule has 1 aromatic heterocycles. The highest BCUT2D eigenvalue weighted by atomic mass is 32.1. The van der Waals surface area contributed by atoms with Crippen LogP contribution in [0.2, 0.25) is 0 Å². The Kier molecular flexibility index (Phi) is 3.73. The Morgan fingerprint density at radius 1 is 1.44 bits per heavy atom. The predicted molar refractivity (Wildman–Crippen MR) is 75.9 cm³/mol. The zero-order valence-electron chi connectivity index (χ0n) is 11.2. The molecular formula is C15H23NOS. The Hall–Kier alpha value is -0.380. The van der Waals surface area contributed by atoms with Crippen molar-refractivity contribution in [2.45, 2.75) is 57.7 Å². The summed E-state index contributed by atoms with van der Waals surface area (Å²) in [6.45, 7) is 4.02. The van der Waals surface area contributed by atoms with Gasteiger partial charge < -0.3 is 10.1 Å². The molecule has 2 unspecified atom stereocenters. The lowest BCUT2D eigenvalue weighted by atomic mass is 9.60. The number of ether oxygens (including phenoxy) is 1. The minimum Gasteiger partial charge on any atom is -0.378 e. The molecule has 1 heterocycles. The molecule has 2 atom stereocenters. The van der Waals surface area contributed by atoms with Crippen LogP contribution in [0.3, 0.4) is 0 Å². The first-order valence-electron chi connectivity index (χ1n) is 7.22. The van der Waals surface area contributed by atoms with E-state index in [-0.39, 0.29) is 0 Å². The van der Waals surface area contributed by atoms with Crippen molar-refractivity contribution in [1.82, 2.24) is 5.32 Å². The first-order valence-corrected chi connectivity index (χ1v) is 8.10. The van der Waals surface area contributed by atoms with Crippen LogP contribution in [0.1, 0.15) is 43.9 Å². The van der Waals surface area contributed by atoms with Crippen molar-refractivity contribution in [3.63, 3.8) is 0 Å². The summed E-state index contributed by atoms with van der Waals surface area (Å²) < 4.78 is 5.95. The van der Waals surface area contributed by atoms with Crippen LogP contribution in [0.15, 0.2) is 17.5 Å². The van der Waals surface area contributed by atoms with Crippen molar-refractivity contribution in [3.05, 3.63) is 22.4 Å². The maximum Gasteiger partial charge on any atom is 0.0661 e. The Morgan fingerprint density at radius 2 is 2.28 bits per heavy atom. The summed E-state index contributed by atoms with van der Waals surface area (Å²) in [5.74, 6) is 0. The van der Waals surface area contributed by atoms with Gasteiger partial charge in [0.1, 0.15) is 0 Å². The molecule has 1 aromatic rings. The molecule has 2 aliphatic rings. The van der Waals surface area contributed by atoms with Crippen molar-refractivity contribution in [2.24, 2.45) is 5.41 Å². The molecule has 3 heteroatoms. The Bertz CT molecular complexity index is 370. The molecule has 1 N–H and O–H groups in total. The largest absolute Gasteiger partial charge is 0.378 e. The van der Waals surface area contributed by atoms with E-state index in [0.717, 1.165) is 13.2 Å². The standard InChI is InChI=1S/C15H23NOS/c1-2-17-14-10-13(15(14)7-3-4-8-15)16-11-12-6-5-9-18-12/h5-6,9,13-14,16H,2-4,7-8,10-11H2,1H3. The topological polar surface area (TPSA) is 21.3 Å². The van der Waals surface area contributed by atoms with E-state index in [1.165, 1.54) is 37.0 Å². The lowest BCUT2D eigenvalue weighted by molar-refractivity contribution is -0.130. The average Bonchev–Trinajstić information content (AvgIpc) is 3.03. The summed E-state index contributed by atoms with van der Waals surface area (Å²) in [5, 5.41) is 5.93. The molecule has 2 fully saturated rings. The highest BCUT2D eigenvalue weighted by molar-refractivity contribution is 7.09. The molecule has 0 aliphatic heterocycles. The normalized spacial score (nSPS) is 29.6. The second-order valence-electron chi connectivity index (χ2n) is 5.63. The van der Waals surface area contributed by atoms with Gasteiger partial charge in [0, 0.05) is 29.5 Å². The molecule has 2 nitrogen and oxygen atoms in total. The third-order valence-electron chi connectivity index (χ3n) is 4.79. The summed E-state index contributed by atoms with van der Waals surface area (Å²) in [5.41, 5.74) is 0.466. The second kappa shape index (κ2) is 5.32. The van der Waals surface area contributed by atoms with Gasteiger partial charge in [0.2, 0.25) is 0 Å². The maximum absolute atomic E-state index is 5.95. The van der Waals surface area contributed by atoms with Crippen molar-refractivity contribution >= 4 is 11.3 Å². The van der Waals surface area contributed by atoms with E-state index in [4.69, 9.17) is 4.74 Å². The molecule has 2 aliphatic carbocycles. The smallest absolute Gasteiger partial charge is 0.0661 e. The van der Waals surface area contributed by atoms with Crippen LogP contribution in [-0.4, -0.2) is 18.8 Å². The monoisotopic (exact) mass is 265 g/mol. The lowest BCUT2D eigenvalue weighted by Gasteiger charge is -2.54. The van der Waals surface area contributed by atoms with Gasteiger partial charge in [-0.15, -0.1) is 11.3 Å². The zero-order chi connectivity index (χ0) is 12.4. The van der Waals surface area contributed by atoms with Gasteiger partial charge in [0.15, 0.2) is 0 Å². The van der Waals surface area contributed by atoms with Gasteiger partial charge in [-0.2, -0.15) is 0 Å². The summed E-state index contributed by atoms with van der Waals surface area (Å²) in [6.07, 6.45) is 7.23. The molecule has 1 spiro atoms. The number of hydrogen-bond acceptors (Lipinski definition) is 3. The SMILES string of the molecule is CCOC1CC(NCc2cccs2)C12CCCC2. The minimum absolute atomic E-state index is 0.466. The molecule has 0 aromatic carbocycles. The fourth-order valence-corrected chi connectivity index (χ4v) is 4.47. The molecule has 100 valence electrons. The first-order chi connectivity index (χ1) is 8.85. The van der Waals surface area contributed by atoms with Gasteiger partial charge in [0.05, 0.1) is 6.10 Å². The summed E-state index contributed by atoms with van der Waals surface area (Å²) in [7, 11) is 0. The number of hydrogen-bond donors (Lipinski definition) is 1. The number of nitrogens with one attached hydrogen (secondary N) is 1. The fourth-order valence-electron chi connectivity index (χ4n) is 3.81. The second-order valence-corrected chi connectivity index (χ2v) is 6.67. The van der Waals surface area contributed by atoms with Crippen LogP contribution < -0.4 is 5.32 Å². The van der Waals surface area contributed by atoms with Crippen molar-refractivity contribution in [1.29, 1.82) is 0 Å². The summed E-state index contributed by atoms with van der Waals surface area (Å²) in [4.78, 5) is 1.45. The van der Waals surface area contributed by atoms with E-state index in [1.54, 1.807) is 0 Å². The van der Waals surface area contributed by atoms with E-state index in [1.807, 2.05) is 11.3 Å². The molecular weight excluding hydrogens is 242 g/mol. The first kappa shape index (κ1) is 12.6. The van der Waals surface area contributed by atoms with Gasteiger partial charge in [-0.05, 0) is 37.6 Å². The predicted octanol–water partition coefficient (Wildman–Crippen LogP) is 3.58. The lowest BCUT2D eigenvalue weighted by Crippen LogP contribution is -2.62. The Morgan fingerprint density at radius 3 is 2.94 bits per heavy atom. The molecule has 0 amide bonds. The molecule has 18 heavy (non-hydrogen) atoms. The Balaban J connectivity index is 1.59. The van der Waals surface area contributed by atoms with Gasteiger partial charge >= 0.3 is 0 Å². The van der Waals surface area contributed by atoms with Crippen LogP contribution in [0, 0.1) is 5.41 Å². The van der Waals surface area contributed by atoms with Gasteiger partial charge in [-0.3, -0.25) is 0 Å². The zero-order valence-corrected chi connectivity index (χ0v) is 12.0. The highest BCUT2D eigenvalue weighted by Gasteiger charge is 2.56. The maximum atomic E-state index is 5.95. The van der Waals surface area contributed by atoms with Crippen molar-refractivity contribution in [2.75, 3.05) is 6.61 Å². The van der Waals surface area contributed by atoms with Crippen LogP contribution in [0.4, 0.5) is 0 Å². The minimum atomic E-state index is 0.466. The highest BCUT2D eigenvalue weighted by Crippen LogP contribution is 2.54. The van der Waals surface area contributed by atoms with Crippen LogP contribution in [0.25, 0.3) is 0 Å². The van der Waals surface area contributed by atoms with E-state index < -0.39 is 0 Å². The third-order valence-corrected chi connectivity index (χ3v) is 5.67.